The lowest BCUT2D eigenvalue weighted by molar-refractivity contribution is -0.727. The molecule has 2 unspecified atom stereocenters. The van der Waals surface area contributed by atoms with Crippen molar-refractivity contribution >= 4 is 0 Å². The summed E-state index contributed by atoms with van der Waals surface area (Å²) in [5.74, 6) is 2.24. The van der Waals surface area contributed by atoms with Crippen molar-refractivity contribution in [2.24, 2.45) is 0 Å². The van der Waals surface area contributed by atoms with E-state index in [-0.39, 0.29) is 0 Å². The second kappa shape index (κ2) is 27.4. The Balaban J connectivity index is 2.33. The average molecular weight is 546 g/mol. The quantitative estimate of drug-likeness (QED) is 0.0732. The highest BCUT2D eigenvalue weighted by Crippen LogP contribution is 2.27. The van der Waals surface area contributed by atoms with Crippen LogP contribution in [-0.2, 0) is 0 Å². The molecule has 1 rings (SSSR count). The van der Waals surface area contributed by atoms with E-state index in [1.807, 2.05) is 0 Å². The first-order chi connectivity index (χ1) is 19.2. The Kier molecular flexibility index (Phi) is 25.4. The zero-order valence-corrected chi connectivity index (χ0v) is 27.6. The van der Waals surface area contributed by atoms with E-state index in [4.69, 9.17) is 0 Å². The molecule has 2 atom stereocenters. The van der Waals surface area contributed by atoms with Gasteiger partial charge in [0.2, 0.25) is 0 Å². The number of rotatable bonds is 30. The maximum Gasteiger partial charge on any atom is 0.257 e. The molecule has 2 heteroatoms. The fourth-order valence-electron chi connectivity index (χ4n) is 6.41. The van der Waals surface area contributed by atoms with Gasteiger partial charge in [0.15, 0.2) is 0 Å². The number of nitrogens with zero attached hydrogens (tertiary/aromatic N) is 1. The number of hydrogen-bond acceptors (Lipinski definition) is 0. The molecule has 0 bridgehead atoms. The zero-order valence-electron chi connectivity index (χ0n) is 27.6. The Morgan fingerprint density at radius 3 is 1.23 bits per heavy atom. The van der Waals surface area contributed by atoms with E-state index in [0.717, 1.165) is 0 Å². The lowest BCUT2D eigenvalue weighted by Crippen LogP contribution is -2.41. The Morgan fingerprint density at radius 2 is 0.846 bits per heavy atom. The number of hydrogen-bond donors (Lipinski definition) is 1. The summed E-state index contributed by atoms with van der Waals surface area (Å²) in [5, 5.41) is 0. The van der Waals surface area contributed by atoms with Gasteiger partial charge in [0.25, 0.3) is 5.82 Å². The number of unbranched alkanes of at least 4 members (excludes halogenated alkanes) is 22. The molecule has 1 heterocycles. The van der Waals surface area contributed by atoms with E-state index >= 15 is 0 Å². The second-order valence-corrected chi connectivity index (χ2v) is 12.9. The fraction of sp³-hybridized carbons (Fsp3) is 0.919. The van der Waals surface area contributed by atoms with Crippen LogP contribution in [0.1, 0.15) is 225 Å². The van der Waals surface area contributed by atoms with Crippen molar-refractivity contribution < 1.29 is 4.57 Å². The van der Waals surface area contributed by atoms with E-state index < -0.39 is 0 Å². The molecule has 1 aromatic heterocycles. The largest absolute Gasteiger partial charge is 0.257 e. The molecule has 0 amide bonds. The van der Waals surface area contributed by atoms with Crippen molar-refractivity contribution in [2.75, 3.05) is 0 Å². The van der Waals surface area contributed by atoms with Crippen LogP contribution in [0.25, 0.3) is 0 Å². The maximum atomic E-state index is 3.71. The van der Waals surface area contributed by atoms with Crippen LogP contribution in [0.4, 0.5) is 0 Å². The highest BCUT2D eigenvalue weighted by atomic mass is 15.1. The third kappa shape index (κ3) is 19.8. The van der Waals surface area contributed by atoms with Crippen LogP contribution >= 0.6 is 0 Å². The predicted molar refractivity (Wildman–Crippen MR) is 175 cm³/mol. The van der Waals surface area contributed by atoms with Crippen molar-refractivity contribution in [1.82, 2.24) is 4.98 Å². The summed E-state index contributed by atoms with van der Waals surface area (Å²) in [7, 11) is 0. The molecule has 0 saturated carbocycles. The summed E-state index contributed by atoms with van der Waals surface area (Å²) >= 11 is 0. The normalized spacial score (nSPS) is 13.2. The monoisotopic (exact) mass is 546 g/mol. The standard InChI is InChI=1S/C37H72N2/c1-5-8-11-13-15-17-19-21-23-25-27-29-32-36(37-38-33-34-39(37)35(4)30-10-7-3)31-28-26-24-22-20-18-16-14-12-9-6-2/h33-36H,5-32H2,1-4H3/p+1. The van der Waals surface area contributed by atoms with Gasteiger partial charge in [-0.2, -0.15) is 0 Å². The molecule has 230 valence electrons. The Bertz CT molecular complexity index is 606. The summed E-state index contributed by atoms with van der Waals surface area (Å²) < 4.78 is 2.60. The number of nitrogens with one attached hydrogen (secondary N) is 1. The van der Waals surface area contributed by atoms with Crippen molar-refractivity contribution in [3.63, 3.8) is 0 Å². The fourth-order valence-corrected chi connectivity index (χ4v) is 6.41. The third-order valence-electron chi connectivity index (χ3n) is 9.14. The molecular formula is C37H73N2+. The predicted octanol–water partition coefficient (Wildman–Crippen LogP) is 12.9. The molecule has 0 spiro atoms. The summed E-state index contributed by atoms with van der Waals surface area (Å²) in [5.41, 5.74) is 0. The minimum absolute atomic E-state index is 0.619. The molecule has 1 aromatic rings. The molecule has 0 fully saturated rings. The van der Waals surface area contributed by atoms with Gasteiger partial charge in [0.1, 0.15) is 12.4 Å². The van der Waals surface area contributed by atoms with Gasteiger partial charge in [-0.05, 0) is 32.6 Å². The third-order valence-corrected chi connectivity index (χ3v) is 9.14. The van der Waals surface area contributed by atoms with E-state index in [0.29, 0.717) is 12.0 Å². The minimum Gasteiger partial charge on any atom is -0.247 e. The van der Waals surface area contributed by atoms with E-state index in [9.17, 15) is 0 Å². The molecule has 0 saturated heterocycles. The van der Waals surface area contributed by atoms with Gasteiger partial charge in [-0.15, -0.1) is 0 Å². The van der Waals surface area contributed by atoms with E-state index in [1.165, 1.54) is 186 Å². The van der Waals surface area contributed by atoms with Gasteiger partial charge in [-0.1, -0.05) is 175 Å². The van der Waals surface area contributed by atoms with Crippen LogP contribution in [-0.4, -0.2) is 4.98 Å². The maximum absolute atomic E-state index is 3.71. The van der Waals surface area contributed by atoms with Gasteiger partial charge in [-0.25, -0.2) is 9.55 Å². The van der Waals surface area contributed by atoms with Crippen LogP contribution in [0.3, 0.4) is 0 Å². The molecule has 0 aromatic carbocycles. The van der Waals surface area contributed by atoms with Crippen molar-refractivity contribution in [3.05, 3.63) is 18.2 Å². The SMILES string of the molecule is CCCCCCCCCCCCCCC(CCCCCCCCCCCCC)c1[nH]cc[n+]1C(C)CCCC. The number of aromatic nitrogens is 2. The first kappa shape index (κ1) is 36.2. The zero-order chi connectivity index (χ0) is 28.2. The minimum atomic E-state index is 0.619. The molecule has 1 N–H and O–H groups in total. The van der Waals surface area contributed by atoms with Crippen molar-refractivity contribution in [2.45, 2.75) is 219 Å². The smallest absolute Gasteiger partial charge is 0.247 e. The lowest BCUT2D eigenvalue weighted by atomic mass is 9.92. The Hall–Kier alpha value is -0.790. The highest BCUT2D eigenvalue weighted by molar-refractivity contribution is 4.90. The molecule has 0 aliphatic carbocycles. The van der Waals surface area contributed by atoms with Crippen LogP contribution in [0.15, 0.2) is 12.4 Å². The summed E-state index contributed by atoms with van der Waals surface area (Å²) in [6.45, 7) is 9.37. The molecule has 0 aliphatic rings. The van der Waals surface area contributed by atoms with Crippen LogP contribution in [0, 0.1) is 0 Å². The Labute approximate surface area is 246 Å². The topological polar surface area (TPSA) is 19.7 Å². The van der Waals surface area contributed by atoms with Crippen molar-refractivity contribution in [3.8, 4) is 0 Å². The lowest BCUT2D eigenvalue weighted by Gasteiger charge is -2.17. The van der Waals surface area contributed by atoms with Gasteiger partial charge in [0, 0.05) is 0 Å². The summed E-state index contributed by atoms with van der Waals surface area (Å²) in [6.07, 6.45) is 44.3. The molecule has 39 heavy (non-hydrogen) atoms. The van der Waals surface area contributed by atoms with Crippen LogP contribution in [0.5, 0.6) is 0 Å². The Morgan fingerprint density at radius 1 is 0.487 bits per heavy atom. The van der Waals surface area contributed by atoms with E-state index in [1.54, 1.807) is 0 Å². The van der Waals surface area contributed by atoms with Crippen LogP contribution in [0.2, 0.25) is 0 Å². The number of H-pyrrole nitrogens is 1. The van der Waals surface area contributed by atoms with Gasteiger partial charge in [-0.3, -0.25) is 0 Å². The number of imidazole rings is 1. The second-order valence-electron chi connectivity index (χ2n) is 12.9. The number of aromatic amines is 1. The highest BCUT2D eigenvalue weighted by Gasteiger charge is 2.25. The van der Waals surface area contributed by atoms with Gasteiger partial charge >= 0.3 is 0 Å². The average Bonchev–Trinajstić information content (AvgIpc) is 3.44. The van der Waals surface area contributed by atoms with Crippen LogP contribution < -0.4 is 4.57 Å². The molecule has 2 nitrogen and oxygen atoms in total. The first-order valence-electron chi connectivity index (χ1n) is 18.3. The van der Waals surface area contributed by atoms with E-state index in [2.05, 4.69) is 49.6 Å². The summed E-state index contributed by atoms with van der Waals surface area (Å²) in [4.78, 5) is 3.71. The first-order valence-corrected chi connectivity index (χ1v) is 18.3. The molecule has 0 radical (unpaired) electrons. The van der Waals surface area contributed by atoms with Gasteiger partial charge in [0.05, 0.1) is 12.0 Å². The molecular weight excluding hydrogens is 472 g/mol. The van der Waals surface area contributed by atoms with Gasteiger partial charge < -0.3 is 0 Å². The summed E-state index contributed by atoms with van der Waals surface area (Å²) in [6, 6.07) is 0.619. The van der Waals surface area contributed by atoms with Crippen molar-refractivity contribution in [1.29, 1.82) is 0 Å². The molecule has 0 aliphatic heterocycles.